The van der Waals surface area contributed by atoms with Crippen LogP contribution in [0, 0.1) is 5.92 Å². The van der Waals surface area contributed by atoms with Crippen molar-refractivity contribution in [3.05, 3.63) is 41.6 Å². The van der Waals surface area contributed by atoms with Crippen molar-refractivity contribution in [1.29, 1.82) is 0 Å². The van der Waals surface area contributed by atoms with Crippen molar-refractivity contribution in [1.82, 2.24) is 20.0 Å². The molecule has 3 saturated heterocycles. The Morgan fingerprint density at radius 1 is 1.00 bits per heavy atom. The number of methoxy groups -OCH3 is 1. The van der Waals surface area contributed by atoms with Gasteiger partial charge in [-0.3, -0.25) is 9.80 Å². The lowest BCUT2D eigenvalue weighted by atomic mass is 9.95. The maximum Gasteiger partial charge on any atom is 0.230 e. The third kappa shape index (κ3) is 3.87. The number of hydrogen-bond acceptors (Lipinski definition) is 6. The van der Waals surface area contributed by atoms with Crippen LogP contribution in [-0.4, -0.2) is 52.8 Å². The van der Waals surface area contributed by atoms with Gasteiger partial charge in [0, 0.05) is 38.1 Å². The lowest BCUT2D eigenvalue weighted by molar-refractivity contribution is 0.111. The van der Waals surface area contributed by atoms with E-state index < -0.39 is 0 Å². The van der Waals surface area contributed by atoms with E-state index in [1.165, 1.54) is 37.8 Å². The number of hydrogen-bond donors (Lipinski definition) is 0. The average molecular weight is 368 g/mol. The lowest BCUT2D eigenvalue weighted by Crippen LogP contribution is -2.43. The SMILES string of the molecule is COc1ccc(CN2C[C@@H]3CC[C@H](C2)N(Cc2nnc(C4CC4)o2)C3)cc1. The van der Waals surface area contributed by atoms with Crippen LogP contribution in [0.4, 0.5) is 0 Å². The van der Waals surface area contributed by atoms with Gasteiger partial charge in [0.15, 0.2) is 0 Å². The maximum atomic E-state index is 5.91. The summed E-state index contributed by atoms with van der Waals surface area (Å²) >= 11 is 0. The van der Waals surface area contributed by atoms with Crippen LogP contribution in [0.15, 0.2) is 28.7 Å². The quantitative estimate of drug-likeness (QED) is 0.781. The Morgan fingerprint density at radius 2 is 1.85 bits per heavy atom. The summed E-state index contributed by atoms with van der Waals surface area (Å²) in [5.41, 5.74) is 1.36. The molecule has 144 valence electrons. The predicted octanol–water partition coefficient (Wildman–Crippen LogP) is 3.05. The van der Waals surface area contributed by atoms with E-state index in [0.717, 1.165) is 49.6 Å². The molecule has 0 amide bonds. The summed E-state index contributed by atoms with van der Waals surface area (Å²) in [7, 11) is 1.72. The molecule has 6 heteroatoms. The van der Waals surface area contributed by atoms with Gasteiger partial charge in [0.25, 0.3) is 0 Å². The van der Waals surface area contributed by atoms with Crippen molar-refractivity contribution < 1.29 is 9.15 Å². The summed E-state index contributed by atoms with van der Waals surface area (Å²) in [5.74, 6) is 3.84. The maximum absolute atomic E-state index is 5.91. The summed E-state index contributed by atoms with van der Waals surface area (Å²) in [6, 6.07) is 9.06. The molecule has 27 heavy (non-hydrogen) atoms. The van der Waals surface area contributed by atoms with E-state index in [1.54, 1.807) is 7.11 Å². The molecule has 3 aliphatic heterocycles. The third-order valence-electron chi connectivity index (χ3n) is 6.22. The number of ether oxygens (including phenoxy) is 1. The zero-order valence-electron chi connectivity index (χ0n) is 16.0. The molecular formula is C21H28N4O2. The zero-order chi connectivity index (χ0) is 18.2. The van der Waals surface area contributed by atoms with Crippen molar-refractivity contribution in [2.75, 3.05) is 26.7 Å². The van der Waals surface area contributed by atoms with E-state index in [-0.39, 0.29) is 0 Å². The first kappa shape index (κ1) is 17.2. The Morgan fingerprint density at radius 3 is 2.63 bits per heavy atom. The van der Waals surface area contributed by atoms with Gasteiger partial charge >= 0.3 is 0 Å². The van der Waals surface area contributed by atoms with E-state index >= 15 is 0 Å². The fraction of sp³-hybridized carbons (Fsp3) is 0.619. The second kappa shape index (κ2) is 7.24. The van der Waals surface area contributed by atoms with Crippen molar-refractivity contribution in [3.63, 3.8) is 0 Å². The molecule has 0 spiro atoms. The van der Waals surface area contributed by atoms with Crippen molar-refractivity contribution >= 4 is 0 Å². The molecule has 2 aromatic rings. The second-order valence-electron chi connectivity index (χ2n) is 8.38. The number of benzene rings is 1. The molecule has 4 heterocycles. The highest BCUT2D eigenvalue weighted by molar-refractivity contribution is 5.27. The Hall–Kier alpha value is -1.92. The molecule has 0 radical (unpaired) electrons. The smallest absolute Gasteiger partial charge is 0.230 e. The summed E-state index contributed by atoms with van der Waals surface area (Å²) in [4.78, 5) is 5.19. The summed E-state index contributed by atoms with van der Waals surface area (Å²) < 4.78 is 11.2. The van der Waals surface area contributed by atoms with Gasteiger partial charge in [-0.1, -0.05) is 12.1 Å². The molecular weight excluding hydrogens is 340 g/mol. The molecule has 2 bridgehead atoms. The van der Waals surface area contributed by atoms with Crippen LogP contribution in [0.3, 0.4) is 0 Å². The highest BCUT2D eigenvalue weighted by Crippen LogP contribution is 2.39. The number of piperidine rings is 1. The van der Waals surface area contributed by atoms with Crippen LogP contribution >= 0.6 is 0 Å². The third-order valence-corrected chi connectivity index (χ3v) is 6.22. The highest BCUT2D eigenvalue weighted by atomic mass is 16.5. The number of aromatic nitrogens is 2. The first-order valence-corrected chi connectivity index (χ1v) is 10.2. The van der Waals surface area contributed by atoms with Gasteiger partial charge in [0.2, 0.25) is 11.8 Å². The molecule has 4 fully saturated rings. The highest BCUT2D eigenvalue weighted by Gasteiger charge is 2.36. The molecule has 2 atom stereocenters. The Labute approximate surface area is 160 Å². The summed E-state index contributed by atoms with van der Waals surface area (Å²) in [5, 5.41) is 8.56. The van der Waals surface area contributed by atoms with Crippen LogP contribution < -0.4 is 4.74 Å². The van der Waals surface area contributed by atoms with E-state index in [2.05, 4.69) is 44.3 Å². The van der Waals surface area contributed by atoms with Crippen molar-refractivity contribution in [2.45, 2.75) is 50.7 Å². The minimum atomic E-state index is 0.534. The molecule has 1 aromatic carbocycles. The van der Waals surface area contributed by atoms with Gasteiger partial charge in [-0.2, -0.15) is 0 Å². The summed E-state index contributed by atoms with van der Waals surface area (Å²) in [6.07, 6.45) is 5.01. The van der Waals surface area contributed by atoms with Crippen molar-refractivity contribution in [3.8, 4) is 5.75 Å². The van der Waals surface area contributed by atoms with Crippen LogP contribution in [-0.2, 0) is 13.1 Å². The Bertz CT molecular complexity index is 771. The first-order valence-electron chi connectivity index (χ1n) is 10.2. The normalized spacial score (nSPS) is 26.3. The fourth-order valence-electron chi connectivity index (χ4n) is 4.59. The Kier molecular flexibility index (Phi) is 4.61. The Balaban J connectivity index is 1.23. The van der Waals surface area contributed by atoms with Gasteiger partial charge in [0.05, 0.1) is 13.7 Å². The topological polar surface area (TPSA) is 54.6 Å². The number of nitrogens with zero attached hydrogens (tertiary/aromatic N) is 4. The number of fused-ring (bicyclic) bond motifs is 4. The minimum absolute atomic E-state index is 0.534. The predicted molar refractivity (Wildman–Crippen MR) is 101 cm³/mol. The molecule has 0 unspecified atom stereocenters. The van der Waals surface area contributed by atoms with Gasteiger partial charge in [0.1, 0.15) is 5.75 Å². The van der Waals surface area contributed by atoms with Crippen LogP contribution in [0.25, 0.3) is 0 Å². The molecule has 4 aliphatic rings. The molecule has 1 saturated carbocycles. The van der Waals surface area contributed by atoms with Crippen LogP contribution in [0.1, 0.15) is 48.9 Å². The van der Waals surface area contributed by atoms with Gasteiger partial charge in [-0.25, -0.2) is 0 Å². The van der Waals surface area contributed by atoms with Crippen LogP contribution in [0.2, 0.25) is 0 Å². The molecule has 0 N–H and O–H groups in total. The van der Waals surface area contributed by atoms with Gasteiger partial charge in [-0.15, -0.1) is 10.2 Å². The molecule has 6 rings (SSSR count). The van der Waals surface area contributed by atoms with E-state index in [0.29, 0.717) is 12.0 Å². The number of rotatable bonds is 6. The molecule has 1 aliphatic carbocycles. The van der Waals surface area contributed by atoms with Gasteiger partial charge < -0.3 is 9.15 Å². The minimum Gasteiger partial charge on any atom is -0.497 e. The average Bonchev–Trinajstić information content (AvgIpc) is 3.48. The van der Waals surface area contributed by atoms with Gasteiger partial charge in [-0.05, 0) is 49.3 Å². The van der Waals surface area contributed by atoms with E-state index in [1.807, 2.05) is 0 Å². The largest absolute Gasteiger partial charge is 0.497 e. The summed E-state index contributed by atoms with van der Waals surface area (Å²) in [6.45, 7) is 5.25. The second-order valence-corrected chi connectivity index (χ2v) is 8.38. The van der Waals surface area contributed by atoms with Crippen LogP contribution in [0.5, 0.6) is 5.75 Å². The fourth-order valence-corrected chi connectivity index (χ4v) is 4.59. The standard InChI is InChI=1S/C21H28N4O2/c1-26-19-8-3-15(4-9-19)10-24-11-16-2-7-18(13-24)25(12-16)14-20-22-23-21(27-20)17-5-6-17/h3-4,8-9,16-18H,2,5-7,10-14H2,1H3/t16-,18+/m0/s1. The zero-order valence-corrected chi connectivity index (χ0v) is 16.0. The molecule has 1 aromatic heterocycles. The first-order chi connectivity index (χ1) is 13.3. The van der Waals surface area contributed by atoms with E-state index in [9.17, 15) is 0 Å². The van der Waals surface area contributed by atoms with E-state index in [4.69, 9.17) is 9.15 Å². The lowest BCUT2D eigenvalue weighted by Gasteiger charge is -2.35. The van der Waals surface area contributed by atoms with Crippen molar-refractivity contribution in [2.24, 2.45) is 5.92 Å². The molecule has 6 nitrogen and oxygen atoms in total. The monoisotopic (exact) mass is 368 g/mol.